The van der Waals surface area contributed by atoms with Gasteiger partial charge in [0.2, 0.25) is 0 Å². The van der Waals surface area contributed by atoms with Gasteiger partial charge in [-0.1, -0.05) is 0 Å². The van der Waals surface area contributed by atoms with Gasteiger partial charge in [0.25, 0.3) is 0 Å². The van der Waals surface area contributed by atoms with Crippen molar-refractivity contribution < 1.29 is 6.11 Å². The van der Waals surface area contributed by atoms with E-state index in [4.69, 9.17) is 6.11 Å². The average molecular weight is 272 g/mol. The van der Waals surface area contributed by atoms with Crippen molar-refractivity contribution in [2.24, 2.45) is 5.89 Å². The molecule has 0 aromatic heterocycles. The van der Waals surface area contributed by atoms with Gasteiger partial charge < -0.3 is 9.46 Å². The fraction of sp³-hybridized carbons (Fsp3) is 1.00. The molecule has 0 atom stereocenters. The van der Waals surface area contributed by atoms with Gasteiger partial charge in [0, 0.05) is 33.7 Å². The van der Waals surface area contributed by atoms with Crippen LogP contribution in [-0.4, -0.2) is 111 Å². The van der Waals surface area contributed by atoms with Gasteiger partial charge in [-0.3, -0.25) is 0 Å². The van der Waals surface area contributed by atoms with Gasteiger partial charge in [-0.25, -0.2) is 0 Å². The van der Waals surface area contributed by atoms with Gasteiger partial charge in [0.15, 0.2) is 0 Å². The molecule has 0 aliphatic carbocycles. The first-order valence-electron chi connectivity index (χ1n) is 9.51. The highest BCUT2D eigenvalue weighted by atomic mass is 16.5. The maximum absolute atomic E-state index is 8.69. The summed E-state index contributed by atoms with van der Waals surface area (Å²) in [4.78, 5) is 0. The molecule has 14 heteroatoms. The first kappa shape index (κ1) is 18.0. The Bertz CT molecular complexity index is 329. The van der Waals surface area contributed by atoms with E-state index in [1.807, 2.05) is 0 Å². The number of hydrogen-bond donors (Lipinski definition) is 0. The largest absolute Gasteiger partial charge is 0.410 e. The Morgan fingerprint density at radius 3 is 2.00 bits per heavy atom. The Hall–Kier alpha value is 0.699. The van der Waals surface area contributed by atoms with Crippen LogP contribution in [0.15, 0.2) is 0 Å². The standard InChI is InChI=1S/C7H27B12NO/c8-15(9)18(14)19(16(10)11)20(17(12)13)4-1-7-2-5-21-6-3-7/h7H,1-6,8-14H2/i7D. The molecule has 0 N–H and O–H groups in total. The van der Waals surface area contributed by atoms with Crippen LogP contribution < -0.4 is 0 Å². The first-order chi connectivity index (χ1) is 10.2. The second-order valence-electron chi connectivity index (χ2n) is 7.78. The van der Waals surface area contributed by atoms with E-state index < -0.39 is 0 Å². The molecule has 0 aromatic carbocycles. The Morgan fingerprint density at radius 2 is 1.57 bits per heavy atom. The number of rotatable bonds is 8. The molecule has 0 radical (unpaired) electrons. The van der Waals surface area contributed by atoms with Crippen LogP contribution in [0.3, 0.4) is 0 Å². The second-order valence-corrected chi connectivity index (χ2v) is 7.78. The van der Waals surface area contributed by atoms with Gasteiger partial charge in [-0.05, 0) is 31.7 Å². The molecular weight excluding hydrogens is 244 g/mol. The Labute approximate surface area is 142 Å². The van der Waals surface area contributed by atoms with Crippen molar-refractivity contribution in [3.63, 3.8) is 0 Å². The lowest BCUT2D eigenvalue weighted by atomic mass is 8.65. The first-order valence-corrected chi connectivity index (χ1v) is 9.01. The normalized spacial score (nSPS) is 17.9. The van der Waals surface area contributed by atoms with E-state index in [1.165, 1.54) is 0 Å². The van der Waals surface area contributed by atoms with Crippen molar-refractivity contribution in [1.29, 1.82) is 0 Å². The summed E-state index contributed by atoms with van der Waals surface area (Å²) in [5.74, 6) is -0.270. The van der Waals surface area contributed by atoms with Crippen molar-refractivity contribution in [2.75, 3.05) is 19.8 Å². The van der Waals surface area contributed by atoms with Crippen LogP contribution in [0.4, 0.5) is 0 Å². The summed E-state index contributed by atoms with van der Waals surface area (Å²) in [6, 6.07) is 0. The molecule has 0 amide bonds. The van der Waals surface area contributed by atoms with E-state index in [2.05, 4.69) is 58.9 Å². The smallest absolute Gasteiger partial charge is 0.124 e. The lowest BCUT2D eigenvalue weighted by Gasteiger charge is -2.40. The van der Waals surface area contributed by atoms with Gasteiger partial charge >= 0.3 is 0 Å². The molecule has 1 heterocycles. The minimum Gasteiger partial charge on any atom is -0.410 e. The Kier molecular flexibility index (Phi) is 8.38. The van der Waals surface area contributed by atoms with Crippen LogP contribution in [0.2, 0.25) is 0 Å². The van der Waals surface area contributed by atoms with Crippen LogP contribution in [0, 0.1) is 5.89 Å². The Morgan fingerprint density at radius 1 is 1.00 bits per heavy atom. The van der Waals surface area contributed by atoms with Crippen LogP contribution in [-0.2, 0) is 4.74 Å². The highest BCUT2D eigenvalue weighted by Crippen LogP contribution is 2.19. The zero-order valence-corrected chi connectivity index (χ0v) is 15.5. The van der Waals surface area contributed by atoms with E-state index in [0.29, 0.717) is 32.4 Å². The second kappa shape index (κ2) is 9.75. The van der Waals surface area contributed by atoms with Gasteiger partial charge in [-0.15, -0.1) is 0 Å². The summed E-state index contributed by atoms with van der Waals surface area (Å²) in [6.07, 6.45) is 4.79. The maximum Gasteiger partial charge on any atom is 0.124 e. The third-order valence-electron chi connectivity index (χ3n) is 5.24. The SMILES string of the molecule is [2H]C1(CCN(B(B)B)B(B(B)B)B(B)B(B)B)CCOCC1. The lowest BCUT2D eigenvalue weighted by Crippen LogP contribution is -2.70. The van der Waals surface area contributed by atoms with E-state index in [1.54, 1.807) is 0 Å². The van der Waals surface area contributed by atoms with Crippen molar-refractivity contribution in [1.82, 2.24) is 4.72 Å². The van der Waals surface area contributed by atoms with Gasteiger partial charge in [0.05, 0.1) is 54.2 Å². The molecule has 21 heavy (non-hydrogen) atoms. The van der Waals surface area contributed by atoms with Crippen LogP contribution in [0.25, 0.3) is 0 Å². The minimum atomic E-state index is -0.270. The lowest BCUT2D eigenvalue weighted by molar-refractivity contribution is 0.0634. The quantitative estimate of drug-likeness (QED) is 0.407. The molecule has 1 rings (SSSR count). The third-order valence-corrected chi connectivity index (χ3v) is 5.24. The average Bonchev–Trinajstić information content (AvgIpc) is 2.42. The fourth-order valence-corrected chi connectivity index (χ4v) is 3.64. The van der Waals surface area contributed by atoms with Crippen molar-refractivity contribution in [3.05, 3.63) is 0 Å². The third kappa shape index (κ3) is 6.37. The molecule has 1 saturated heterocycles. The number of hydrogen-bond acceptors (Lipinski definition) is 2. The highest BCUT2D eigenvalue weighted by molar-refractivity contribution is 7.91. The molecule has 102 valence electrons. The monoisotopic (exact) mass is 274 g/mol. The van der Waals surface area contributed by atoms with E-state index in [9.17, 15) is 0 Å². The van der Waals surface area contributed by atoms with E-state index in [-0.39, 0.29) is 5.89 Å². The number of ether oxygens (including phenoxy) is 1. The summed E-state index contributed by atoms with van der Waals surface area (Å²) in [5, 5.41) is 0. The van der Waals surface area contributed by atoms with Gasteiger partial charge in [0.1, 0.15) is 13.3 Å². The zero-order chi connectivity index (χ0) is 16.9. The highest BCUT2D eigenvalue weighted by Gasteiger charge is 2.36. The molecular formula is C7H27B12NO. The van der Waals surface area contributed by atoms with Crippen LogP contribution in [0.1, 0.15) is 20.6 Å². The van der Waals surface area contributed by atoms with Gasteiger partial charge in [-0.2, -0.15) is 0 Å². The summed E-state index contributed by atoms with van der Waals surface area (Å²) in [6.45, 7) is 3.71. The molecule has 0 bridgehead atoms. The van der Waals surface area contributed by atoms with Crippen LogP contribution >= 0.6 is 0 Å². The molecule has 0 spiro atoms. The number of nitrogens with zero attached hydrogens (tertiary/aromatic N) is 1. The van der Waals surface area contributed by atoms with Crippen molar-refractivity contribution in [3.8, 4) is 0 Å². The van der Waals surface area contributed by atoms with Crippen molar-refractivity contribution >= 4 is 86.6 Å². The molecule has 1 aliphatic heterocycles. The Balaban J connectivity index is 2.77. The van der Waals surface area contributed by atoms with E-state index in [0.717, 1.165) is 39.0 Å². The molecule has 1 aliphatic rings. The summed E-state index contributed by atoms with van der Waals surface area (Å²) in [7, 11) is 16.4. The zero-order valence-electron chi connectivity index (χ0n) is 16.5. The predicted molar refractivity (Wildman–Crippen MR) is 123 cm³/mol. The molecule has 0 aromatic rings. The molecule has 1 fully saturated rings. The predicted octanol–water partition coefficient (Wildman–Crippen LogP) is -7.28. The topological polar surface area (TPSA) is 12.5 Å². The minimum absolute atomic E-state index is 0.270. The molecule has 2 nitrogen and oxygen atoms in total. The van der Waals surface area contributed by atoms with Crippen LogP contribution in [0.5, 0.6) is 0 Å². The van der Waals surface area contributed by atoms with Crippen molar-refractivity contribution in [2.45, 2.75) is 19.3 Å². The molecule has 0 saturated carbocycles. The fourth-order valence-electron chi connectivity index (χ4n) is 3.64. The summed E-state index contributed by atoms with van der Waals surface area (Å²) in [5.41, 5.74) is 0. The van der Waals surface area contributed by atoms with E-state index >= 15 is 0 Å². The molecule has 0 unspecified atom stereocenters. The maximum atomic E-state index is 8.69. The summed E-state index contributed by atoms with van der Waals surface area (Å²) < 4.78 is 16.8. The summed E-state index contributed by atoms with van der Waals surface area (Å²) >= 11 is 0.